The van der Waals surface area contributed by atoms with Gasteiger partial charge in [-0.1, -0.05) is 0 Å². The van der Waals surface area contributed by atoms with Crippen LogP contribution >= 0.6 is 0 Å². The Hall–Kier alpha value is -1.54. The molecule has 1 aliphatic rings. The first kappa shape index (κ1) is 19.8. The molecule has 1 aromatic rings. The molecular weight excluding hydrogens is 327 g/mol. The van der Waals surface area contributed by atoms with Crippen LogP contribution in [0.1, 0.15) is 17.3 Å². The molecule has 1 heterocycles. The maximum absolute atomic E-state index is 13.1. The van der Waals surface area contributed by atoms with E-state index in [4.69, 9.17) is 9.47 Å². The summed E-state index contributed by atoms with van der Waals surface area (Å²) in [6.07, 6.45) is -0.530. The van der Waals surface area contributed by atoms with Crippen molar-refractivity contribution in [3.63, 3.8) is 0 Å². The number of rotatable bonds is 8. The predicted molar refractivity (Wildman–Crippen MR) is 92.0 cm³/mol. The number of aliphatic hydroxyl groups is 1. The first-order valence-corrected chi connectivity index (χ1v) is 8.55. The molecule has 1 N–H and O–H groups in total. The second-order valence-corrected chi connectivity index (χ2v) is 6.35. The molecule has 0 aliphatic carbocycles. The largest absolute Gasteiger partial charge is 0.392 e. The molecule has 2 atom stereocenters. The van der Waals surface area contributed by atoms with Gasteiger partial charge in [-0.05, 0) is 31.2 Å². The van der Waals surface area contributed by atoms with Gasteiger partial charge in [0.15, 0.2) is 0 Å². The quantitative estimate of drug-likeness (QED) is 0.755. The van der Waals surface area contributed by atoms with Gasteiger partial charge in [0.1, 0.15) is 5.82 Å². The third kappa shape index (κ3) is 6.36. The Labute approximate surface area is 148 Å². The van der Waals surface area contributed by atoms with E-state index < -0.39 is 6.10 Å². The van der Waals surface area contributed by atoms with Crippen LogP contribution in [0.5, 0.6) is 0 Å². The van der Waals surface area contributed by atoms with Crippen molar-refractivity contribution in [1.82, 2.24) is 9.80 Å². The van der Waals surface area contributed by atoms with E-state index >= 15 is 0 Å². The van der Waals surface area contributed by atoms with Crippen molar-refractivity contribution >= 4 is 5.91 Å². The second kappa shape index (κ2) is 9.82. The van der Waals surface area contributed by atoms with Crippen LogP contribution in [0.15, 0.2) is 24.3 Å². The molecule has 1 aliphatic heterocycles. The van der Waals surface area contributed by atoms with Crippen LogP contribution in [0.3, 0.4) is 0 Å². The minimum atomic E-state index is -0.399. The minimum Gasteiger partial charge on any atom is -0.392 e. The number of carbonyl (C=O) groups is 1. The standard InChI is InChI=1S/C18H27FN2O4/c1-14(22)11-20-7-10-25-17(12-20)13-21(8-9-24-2)18(23)15-3-5-16(19)6-4-15/h3-6,14,17,22H,7-13H2,1-2H3/t14-,17+/m1/s1. The van der Waals surface area contributed by atoms with E-state index in [0.29, 0.717) is 45.0 Å². The van der Waals surface area contributed by atoms with Crippen molar-refractivity contribution in [3.05, 3.63) is 35.6 Å². The highest BCUT2D eigenvalue weighted by Gasteiger charge is 2.26. The zero-order valence-corrected chi connectivity index (χ0v) is 14.9. The Bertz CT molecular complexity index is 538. The molecular formula is C18H27FN2O4. The van der Waals surface area contributed by atoms with Crippen molar-refractivity contribution in [3.8, 4) is 0 Å². The number of halogens is 1. The predicted octanol–water partition coefficient (Wildman–Crippen LogP) is 0.996. The van der Waals surface area contributed by atoms with Crippen molar-refractivity contribution in [2.24, 2.45) is 0 Å². The third-order valence-corrected chi connectivity index (χ3v) is 4.11. The van der Waals surface area contributed by atoms with Crippen LogP contribution in [0.4, 0.5) is 4.39 Å². The fourth-order valence-corrected chi connectivity index (χ4v) is 2.93. The van der Waals surface area contributed by atoms with E-state index in [1.807, 2.05) is 0 Å². The summed E-state index contributed by atoms with van der Waals surface area (Å²) in [7, 11) is 1.59. The van der Waals surface area contributed by atoms with Gasteiger partial charge in [-0.15, -0.1) is 0 Å². The summed E-state index contributed by atoms with van der Waals surface area (Å²) < 4.78 is 24.0. The summed E-state index contributed by atoms with van der Waals surface area (Å²) in [6.45, 7) is 5.61. The SMILES string of the molecule is COCCN(C[C@@H]1CN(C[C@@H](C)O)CCO1)C(=O)c1ccc(F)cc1. The Balaban J connectivity index is 2.01. The fraction of sp³-hybridized carbons (Fsp3) is 0.611. The zero-order chi connectivity index (χ0) is 18.2. The minimum absolute atomic E-state index is 0.131. The summed E-state index contributed by atoms with van der Waals surface area (Å²) in [4.78, 5) is 16.5. The first-order chi connectivity index (χ1) is 12.0. The molecule has 7 heteroatoms. The number of nitrogens with zero attached hydrogens (tertiary/aromatic N) is 2. The monoisotopic (exact) mass is 354 g/mol. The maximum Gasteiger partial charge on any atom is 0.254 e. The van der Waals surface area contributed by atoms with Gasteiger partial charge in [-0.2, -0.15) is 0 Å². The van der Waals surface area contributed by atoms with Crippen LogP contribution in [0, 0.1) is 5.82 Å². The number of morpholine rings is 1. The summed E-state index contributed by atoms with van der Waals surface area (Å²) in [5.74, 6) is -0.544. The normalized spacial score (nSPS) is 19.6. The van der Waals surface area contributed by atoms with Gasteiger partial charge < -0.3 is 19.5 Å². The fourth-order valence-electron chi connectivity index (χ4n) is 2.93. The van der Waals surface area contributed by atoms with Crippen LogP contribution < -0.4 is 0 Å². The molecule has 0 radical (unpaired) electrons. The highest BCUT2D eigenvalue weighted by molar-refractivity contribution is 5.94. The molecule has 25 heavy (non-hydrogen) atoms. The van der Waals surface area contributed by atoms with Gasteiger partial charge in [-0.3, -0.25) is 9.69 Å². The Kier molecular flexibility index (Phi) is 7.77. The van der Waals surface area contributed by atoms with Crippen molar-refractivity contribution in [2.75, 3.05) is 53.0 Å². The van der Waals surface area contributed by atoms with E-state index in [9.17, 15) is 14.3 Å². The Morgan fingerprint density at radius 2 is 2.20 bits per heavy atom. The summed E-state index contributed by atoms with van der Waals surface area (Å²) in [5.41, 5.74) is 0.439. The summed E-state index contributed by atoms with van der Waals surface area (Å²) >= 11 is 0. The molecule has 1 saturated heterocycles. The van der Waals surface area contributed by atoms with Gasteiger partial charge >= 0.3 is 0 Å². The zero-order valence-electron chi connectivity index (χ0n) is 14.9. The number of hydrogen-bond donors (Lipinski definition) is 1. The molecule has 2 rings (SSSR count). The molecule has 140 valence electrons. The lowest BCUT2D eigenvalue weighted by atomic mass is 10.1. The van der Waals surface area contributed by atoms with Crippen LogP contribution in [0.25, 0.3) is 0 Å². The van der Waals surface area contributed by atoms with Crippen molar-refractivity contribution in [2.45, 2.75) is 19.1 Å². The van der Waals surface area contributed by atoms with E-state index in [2.05, 4.69) is 4.90 Å². The smallest absolute Gasteiger partial charge is 0.254 e. The van der Waals surface area contributed by atoms with Gasteiger partial charge in [-0.25, -0.2) is 4.39 Å². The topological polar surface area (TPSA) is 62.2 Å². The van der Waals surface area contributed by atoms with Crippen LogP contribution in [-0.4, -0.2) is 86.1 Å². The molecule has 0 spiro atoms. The maximum atomic E-state index is 13.1. The average molecular weight is 354 g/mol. The number of methoxy groups -OCH3 is 1. The molecule has 0 unspecified atom stereocenters. The third-order valence-electron chi connectivity index (χ3n) is 4.11. The first-order valence-electron chi connectivity index (χ1n) is 8.55. The van der Waals surface area contributed by atoms with Crippen LogP contribution in [0.2, 0.25) is 0 Å². The highest BCUT2D eigenvalue weighted by Crippen LogP contribution is 2.12. The highest BCUT2D eigenvalue weighted by atomic mass is 19.1. The molecule has 6 nitrogen and oxygen atoms in total. The van der Waals surface area contributed by atoms with Gasteiger partial charge in [0.25, 0.3) is 5.91 Å². The summed E-state index contributed by atoms with van der Waals surface area (Å²) in [6, 6.07) is 5.53. The molecule has 0 aromatic heterocycles. The lowest BCUT2D eigenvalue weighted by Crippen LogP contribution is -2.50. The molecule has 1 fully saturated rings. The lowest BCUT2D eigenvalue weighted by Gasteiger charge is -2.36. The van der Waals surface area contributed by atoms with Gasteiger partial charge in [0.05, 0.1) is 25.4 Å². The number of β-amino-alcohol motifs (C(OH)–C–C–N with tert-alkyl or cyclic N) is 1. The average Bonchev–Trinajstić information content (AvgIpc) is 2.58. The number of ether oxygens (including phenoxy) is 2. The molecule has 1 amide bonds. The van der Waals surface area contributed by atoms with E-state index in [0.717, 1.165) is 6.54 Å². The molecule has 0 bridgehead atoms. The number of aliphatic hydroxyl groups excluding tert-OH is 1. The summed E-state index contributed by atoms with van der Waals surface area (Å²) in [5, 5.41) is 9.55. The number of hydrogen-bond acceptors (Lipinski definition) is 5. The molecule has 1 aromatic carbocycles. The van der Waals surface area contributed by atoms with Crippen LogP contribution in [-0.2, 0) is 9.47 Å². The van der Waals surface area contributed by atoms with Crippen molar-refractivity contribution in [1.29, 1.82) is 0 Å². The van der Waals surface area contributed by atoms with Gasteiger partial charge in [0.2, 0.25) is 0 Å². The van der Waals surface area contributed by atoms with Crippen molar-refractivity contribution < 1.29 is 23.8 Å². The lowest BCUT2D eigenvalue weighted by molar-refractivity contribution is -0.0503. The number of benzene rings is 1. The van der Waals surface area contributed by atoms with E-state index in [1.165, 1.54) is 24.3 Å². The van der Waals surface area contributed by atoms with E-state index in [-0.39, 0.29) is 17.8 Å². The Morgan fingerprint density at radius 3 is 2.84 bits per heavy atom. The Morgan fingerprint density at radius 1 is 1.48 bits per heavy atom. The molecule has 0 saturated carbocycles. The van der Waals surface area contributed by atoms with E-state index in [1.54, 1.807) is 18.9 Å². The number of amides is 1. The van der Waals surface area contributed by atoms with Gasteiger partial charge in [0, 0.05) is 45.4 Å². The second-order valence-electron chi connectivity index (χ2n) is 6.35. The number of carbonyl (C=O) groups excluding carboxylic acids is 1.